The van der Waals surface area contributed by atoms with Crippen molar-refractivity contribution in [3.8, 4) is 5.75 Å². The van der Waals surface area contributed by atoms with Crippen LogP contribution in [0.4, 0.5) is 0 Å². The number of hydrogen-bond acceptors (Lipinski definition) is 2. The van der Waals surface area contributed by atoms with Gasteiger partial charge in [-0.2, -0.15) is 0 Å². The minimum Gasteiger partial charge on any atom is -0.489 e. The lowest BCUT2D eigenvalue weighted by atomic mass is 10.1. The van der Waals surface area contributed by atoms with E-state index in [4.69, 9.17) is 16.3 Å². The van der Waals surface area contributed by atoms with E-state index in [1.165, 1.54) is 11.1 Å². The fourth-order valence-corrected chi connectivity index (χ4v) is 2.69. The quantitative estimate of drug-likeness (QED) is 0.559. The van der Waals surface area contributed by atoms with Crippen LogP contribution in [0.5, 0.6) is 5.75 Å². The predicted octanol–water partition coefficient (Wildman–Crippen LogP) is 5.25. The van der Waals surface area contributed by atoms with Crippen molar-refractivity contribution >= 4 is 11.6 Å². The molecule has 0 spiro atoms. The topological polar surface area (TPSA) is 21.3 Å². The smallest absolute Gasteiger partial charge is 0.119 e. The minimum absolute atomic E-state index is 0.547. The van der Waals surface area contributed by atoms with Crippen LogP contribution in [0, 0.1) is 0 Å². The summed E-state index contributed by atoms with van der Waals surface area (Å²) in [5.41, 5.74) is 3.73. The SMILES string of the molecule is Clc1ccc(COc2ccc(CNCCc3ccccc3)cc2)cc1. The van der Waals surface area contributed by atoms with Crippen LogP contribution in [-0.2, 0) is 19.6 Å². The minimum atomic E-state index is 0.547. The van der Waals surface area contributed by atoms with Crippen molar-refractivity contribution in [1.82, 2.24) is 5.32 Å². The summed E-state index contributed by atoms with van der Waals surface area (Å²) in [7, 11) is 0. The van der Waals surface area contributed by atoms with Crippen molar-refractivity contribution in [3.05, 3.63) is 101 Å². The maximum atomic E-state index is 5.89. The molecule has 0 aliphatic heterocycles. The van der Waals surface area contributed by atoms with Gasteiger partial charge < -0.3 is 10.1 Å². The first-order chi connectivity index (χ1) is 12.3. The van der Waals surface area contributed by atoms with Gasteiger partial charge in [-0.15, -0.1) is 0 Å². The third-order valence-corrected chi connectivity index (χ3v) is 4.26. The Balaban J connectivity index is 1.40. The summed E-state index contributed by atoms with van der Waals surface area (Å²) in [6.45, 7) is 2.38. The van der Waals surface area contributed by atoms with Crippen LogP contribution in [0.25, 0.3) is 0 Å². The molecule has 0 heterocycles. The molecule has 0 saturated heterocycles. The second-order valence-corrected chi connectivity index (χ2v) is 6.41. The van der Waals surface area contributed by atoms with Gasteiger partial charge in [-0.3, -0.25) is 0 Å². The summed E-state index contributed by atoms with van der Waals surface area (Å²) in [5.74, 6) is 0.878. The predicted molar refractivity (Wildman–Crippen MR) is 104 cm³/mol. The van der Waals surface area contributed by atoms with E-state index in [1.807, 2.05) is 42.5 Å². The summed E-state index contributed by atoms with van der Waals surface area (Å²) in [6.07, 6.45) is 1.04. The first-order valence-corrected chi connectivity index (χ1v) is 8.88. The van der Waals surface area contributed by atoms with Gasteiger partial charge in [0.05, 0.1) is 0 Å². The fraction of sp³-hybridized carbons (Fsp3) is 0.182. The summed E-state index contributed by atoms with van der Waals surface area (Å²) < 4.78 is 5.81. The average molecular weight is 352 g/mol. The van der Waals surface area contributed by atoms with Crippen LogP contribution >= 0.6 is 11.6 Å². The third kappa shape index (κ3) is 5.93. The van der Waals surface area contributed by atoms with Crippen LogP contribution in [0.15, 0.2) is 78.9 Å². The lowest BCUT2D eigenvalue weighted by Gasteiger charge is -2.08. The number of ether oxygens (including phenoxy) is 1. The highest BCUT2D eigenvalue weighted by atomic mass is 35.5. The van der Waals surface area contributed by atoms with E-state index in [1.54, 1.807) is 0 Å². The van der Waals surface area contributed by atoms with Gasteiger partial charge in [-0.05, 0) is 53.9 Å². The standard InChI is InChI=1S/C22H22ClNO/c23-21-10-6-20(7-11-21)17-25-22-12-8-19(9-13-22)16-24-15-14-18-4-2-1-3-5-18/h1-13,24H,14-17H2. The van der Waals surface area contributed by atoms with Crippen molar-refractivity contribution in [2.45, 2.75) is 19.6 Å². The molecule has 0 unspecified atom stereocenters. The van der Waals surface area contributed by atoms with E-state index in [0.29, 0.717) is 6.61 Å². The zero-order chi connectivity index (χ0) is 17.3. The van der Waals surface area contributed by atoms with Crippen LogP contribution < -0.4 is 10.1 Å². The largest absolute Gasteiger partial charge is 0.489 e. The number of hydrogen-bond donors (Lipinski definition) is 1. The molecule has 0 radical (unpaired) electrons. The van der Waals surface area contributed by atoms with Crippen molar-refractivity contribution in [1.29, 1.82) is 0 Å². The van der Waals surface area contributed by atoms with Crippen LogP contribution in [0.1, 0.15) is 16.7 Å². The molecular formula is C22H22ClNO. The first-order valence-electron chi connectivity index (χ1n) is 8.50. The zero-order valence-corrected chi connectivity index (χ0v) is 14.9. The molecule has 3 aromatic rings. The van der Waals surface area contributed by atoms with E-state index < -0.39 is 0 Å². The molecular weight excluding hydrogens is 330 g/mol. The maximum absolute atomic E-state index is 5.89. The summed E-state index contributed by atoms with van der Waals surface area (Å²) in [6, 6.07) is 26.5. The molecule has 0 bridgehead atoms. The fourth-order valence-electron chi connectivity index (χ4n) is 2.56. The van der Waals surface area contributed by atoms with E-state index in [0.717, 1.165) is 35.8 Å². The normalized spacial score (nSPS) is 10.6. The number of benzene rings is 3. The van der Waals surface area contributed by atoms with Gasteiger partial charge in [0.15, 0.2) is 0 Å². The summed E-state index contributed by atoms with van der Waals surface area (Å²) in [4.78, 5) is 0. The van der Waals surface area contributed by atoms with Crippen LogP contribution in [-0.4, -0.2) is 6.54 Å². The first kappa shape index (κ1) is 17.5. The summed E-state index contributed by atoms with van der Waals surface area (Å²) >= 11 is 5.89. The van der Waals surface area contributed by atoms with Crippen molar-refractivity contribution in [2.24, 2.45) is 0 Å². The molecule has 128 valence electrons. The molecule has 0 aromatic heterocycles. The molecule has 0 atom stereocenters. The lowest BCUT2D eigenvalue weighted by molar-refractivity contribution is 0.306. The average Bonchev–Trinajstić information content (AvgIpc) is 2.67. The Morgan fingerprint density at radius 2 is 1.40 bits per heavy atom. The van der Waals surface area contributed by atoms with E-state index in [-0.39, 0.29) is 0 Å². The van der Waals surface area contributed by atoms with Gasteiger partial charge in [0, 0.05) is 11.6 Å². The van der Waals surface area contributed by atoms with Crippen molar-refractivity contribution in [2.75, 3.05) is 6.54 Å². The second kappa shape index (κ2) is 9.26. The Hall–Kier alpha value is -2.29. The number of halogens is 1. The van der Waals surface area contributed by atoms with Gasteiger partial charge in [0.2, 0.25) is 0 Å². The molecule has 1 N–H and O–H groups in total. The van der Waals surface area contributed by atoms with E-state index in [2.05, 4.69) is 41.7 Å². The Bertz CT molecular complexity index is 754. The molecule has 0 saturated carbocycles. The van der Waals surface area contributed by atoms with Gasteiger partial charge in [-0.1, -0.05) is 66.2 Å². The van der Waals surface area contributed by atoms with E-state index in [9.17, 15) is 0 Å². The maximum Gasteiger partial charge on any atom is 0.119 e. The van der Waals surface area contributed by atoms with Crippen molar-refractivity contribution < 1.29 is 4.74 Å². The zero-order valence-electron chi connectivity index (χ0n) is 14.1. The molecule has 25 heavy (non-hydrogen) atoms. The van der Waals surface area contributed by atoms with Gasteiger partial charge >= 0.3 is 0 Å². The number of nitrogens with one attached hydrogen (secondary N) is 1. The molecule has 0 aliphatic carbocycles. The van der Waals surface area contributed by atoms with Crippen LogP contribution in [0.3, 0.4) is 0 Å². The van der Waals surface area contributed by atoms with Crippen LogP contribution in [0.2, 0.25) is 5.02 Å². The summed E-state index contributed by atoms with van der Waals surface area (Å²) in [5, 5.41) is 4.22. The Kier molecular flexibility index (Phi) is 6.49. The molecule has 3 rings (SSSR count). The highest BCUT2D eigenvalue weighted by Gasteiger charge is 1.98. The van der Waals surface area contributed by atoms with Gasteiger partial charge in [0.1, 0.15) is 12.4 Å². The van der Waals surface area contributed by atoms with E-state index >= 15 is 0 Å². The molecule has 2 nitrogen and oxygen atoms in total. The monoisotopic (exact) mass is 351 g/mol. The van der Waals surface area contributed by atoms with Gasteiger partial charge in [0.25, 0.3) is 0 Å². The second-order valence-electron chi connectivity index (χ2n) is 5.97. The highest BCUT2D eigenvalue weighted by molar-refractivity contribution is 6.30. The highest BCUT2D eigenvalue weighted by Crippen LogP contribution is 2.15. The Morgan fingerprint density at radius 3 is 2.12 bits per heavy atom. The van der Waals surface area contributed by atoms with Gasteiger partial charge in [-0.25, -0.2) is 0 Å². The Morgan fingerprint density at radius 1 is 0.720 bits per heavy atom. The van der Waals surface area contributed by atoms with Crippen molar-refractivity contribution in [3.63, 3.8) is 0 Å². The molecule has 3 aromatic carbocycles. The molecule has 3 heteroatoms. The Labute approximate surface area is 154 Å². The molecule has 0 aliphatic rings. The third-order valence-electron chi connectivity index (χ3n) is 4.00. The number of rotatable bonds is 8. The molecule has 0 fully saturated rings. The lowest BCUT2D eigenvalue weighted by Crippen LogP contribution is -2.16. The molecule has 0 amide bonds.